The molecule has 9 nitrogen and oxygen atoms in total. The van der Waals surface area contributed by atoms with Crippen molar-refractivity contribution in [3.63, 3.8) is 0 Å². The number of anilines is 3. The van der Waals surface area contributed by atoms with E-state index in [9.17, 15) is 15.2 Å². The summed E-state index contributed by atoms with van der Waals surface area (Å²) in [5.74, 6) is 0.466. The van der Waals surface area contributed by atoms with Gasteiger partial charge in [-0.1, -0.05) is 18.5 Å². The van der Waals surface area contributed by atoms with Gasteiger partial charge < -0.3 is 30.7 Å². The van der Waals surface area contributed by atoms with Crippen molar-refractivity contribution >= 4 is 45.6 Å². The van der Waals surface area contributed by atoms with Gasteiger partial charge in [0.05, 0.1) is 29.1 Å². The van der Waals surface area contributed by atoms with Crippen LogP contribution in [0.3, 0.4) is 0 Å². The molecule has 3 aromatic rings. The van der Waals surface area contributed by atoms with E-state index in [-0.39, 0.29) is 17.8 Å². The number of halogens is 1. The van der Waals surface area contributed by atoms with Gasteiger partial charge in [0.25, 0.3) is 0 Å². The molecule has 4 N–H and O–H groups in total. The number of rotatable bonds is 7. The van der Waals surface area contributed by atoms with Gasteiger partial charge in [0, 0.05) is 53.6 Å². The molecular formula is C26H29ClN6O3. The van der Waals surface area contributed by atoms with E-state index in [1.54, 1.807) is 18.2 Å². The number of ether oxygens (including phenoxy) is 1. The van der Waals surface area contributed by atoms with E-state index in [1.807, 2.05) is 6.92 Å². The van der Waals surface area contributed by atoms with Crippen LogP contribution in [0.4, 0.5) is 21.9 Å². The maximum Gasteiger partial charge on any atom is 0.319 e. The number of amides is 2. The van der Waals surface area contributed by atoms with Gasteiger partial charge in [0.2, 0.25) is 0 Å². The number of piperidine rings is 1. The molecule has 1 aliphatic heterocycles. The molecule has 4 rings (SSSR count). The van der Waals surface area contributed by atoms with Crippen molar-refractivity contribution in [1.82, 2.24) is 15.2 Å². The Morgan fingerprint density at radius 3 is 2.69 bits per heavy atom. The van der Waals surface area contributed by atoms with Gasteiger partial charge in [-0.15, -0.1) is 0 Å². The first kappa shape index (κ1) is 25.4. The second-order valence-corrected chi connectivity index (χ2v) is 9.02. The number of carbonyl (C=O) groups excluding carboxylic acids is 1. The minimum Gasteiger partial charge on any atom is -0.508 e. The first-order valence-corrected chi connectivity index (χ1v) is 12.3. The van der Waals surface area contributed by atoms with Gasteiger partial charge in [0.1, 0.15) is 17.6 Å². The van der Waals surface area contributed by atoms with Crippen LogP contribution in [0.25, 0.3) is 10.9 Å². The second kappa shape index (κ2) is 11.3. The Hall–Kier alpha value is -3.74. The molecule has 1 fully saturated rings. The molecule has 0 spiro atoms. The summed E-state index contributed by atoms with van der Waals surface area (Å²) in [4.78, 5) is 19.7. The molecule has 2 amide bonds. The monoisotopic (exact) mass is 508 g/mol. The van der Waals surface area contributed by atoms with Crippen molar-refractivity contribution in [2.24, 2.45) is 0 Å². The zero-order valence-corrected chi connectivity index (χ0v) is 21.0. The molecule has 36 heavy (non-hydrogen) atoms. The van der Waals surface area contributed by atoms with E-state index in [1.165, 1.54) is 18.3 Å². The number of nitrogens with zero attached hydrogens (tertiary/aromatic N) is 3. The number of likely N-dealkylation sites (tertiary alicyclic amines) is 1. The molecule has 0 radical (unpaired) electrons. The number of pyridine rings is 1. The summed E-state index contributed by atoms with van der Waals surface area (Å²) in [6.07, 6.45) is 3.26. The predicted octanol–water partition coefficient (Wildman–Crippen LogP) is 5.21. The Morgan fingerprint density at radius 1 is 1.25 bits per heavy atom. The van der Waals surface area contributed by atoms with E-state index in [0.717, 1.165) is 32.5 Å². The number of nitriles is 1. The summed E-state index contributed by atoms with van der Waals surface area (Å²) >= 11 is 6.09. The summed E-state index contributed by atoms with van der Waals surface area (Å²) in [7, 11) is 0. The second-order valence-electron chi connectivity index (χ2n) is 8.59. The molecule has 0 unspecified atom stereocenters. The van der Waals surface area contributed by atoms with E-state index in [4.69, 9.17) is 16.3 Å². The van der Waals surface area contributed by atoms with Gasteiger partial charge in [-0.25, -0.2) is 4.79 Å². The highest BCUT2D eigenvalue weighted by Crippen LogP contribution is 2.37. The molecule has 0 aliphatic carbocycles. The van der Waals surface area contributed by atoms with Crippen LogP contribution in [0, 0.1) is 11.3 Å². The van der Waals surface area contributed by atoms with Crippen LogP contribution in [0.5, 0.6) is 11.5 Å². The van der Waals surface area contributed by atoms with Gasteiger partial charge >= 0.3 is 6.03 Å². The standard InChI is InChI=1S/C26H29ClN6O3/c1-3-33-7-5-18(6-8-33)31-26(35)32-23-12-21-22(13-24(23)36-4-2)29-15-16(14-28)25(21)30-19-9-17(27)10-20(34)11-19/h9-13,15,18,34H,3-8H2,1-2H3,(H,29,30)(H2,31,32,35). The van der Waals surface area contributed by atoms with Gasteiger partial charge in [-0.3, -0.25) is 4.98 Å². The van der Waals surface area contributed by atoms with E-state index < -0.39 is 0 Å². The highest BCUT2D eigenvalue weighted by Gasteiger charge is 2.21. The third-order valence-corrected chi connectivity index (χ3v) is 6.38. The smallest absolute Gasteiger partial charge is 0.319 e. The molecule has 0 atom stereocenters. The first-order valence-electron chi connectivity index (χ1n) is 12.0. The molecule has 10 heteroatoms. The topological polar surface area (TPSA) is 123 Å². The minimum absolute atomic E-state index is 0.00991. The lowest BCUT2D eigenvalue weighted by atomic mass is 10.1. The molecule has 1 saturated heterocycles. The lowest BCUT2D eigenvalue weighted by molar-refractivity contribution is 0.203. The number of phenols is 1. The molecule has 0 bridgehead atoms. The molecule has 1 aliphatic rings. The average Bonchev–Trinajstić information content (AvgIpc) is 2.85. The fraction of sp³-hybridized carbons (Fsp3) is 0.346. The fourth-order valence-corrected chi connectivity index (χ4v) is 4.57. The normalized spacial score (nSPS) is 14.3. The summed E-state index contributed by atoms with van der Waals surface area (Å²) in [5.41, 5.74) is 2.31. The Labute approximate surface area is 215 Å². The molecular weight excluding hydrogens is 480 g/mol. The van der Waals surface area contributed by atoms with Crippen LogP contribution in [-0.2, 0) is 0 Å². The Kier molecular flexibility index (Phi) is 7.98. The molecule has 2 aromatic carbocycles. The highest BCUT2D eigenvalue weighted by atomic mass is 35.5. The number of urea groups is 1. The number of nitrogens with one attached hydrogen (secondary N) is 3. The minimum atomic E-state index is -0.316. The maximum atomic E-state index is 12.9. The highest BCUT2D eigenvalue weighted by molar-refractivity contribution is 6.31. The summed E-state index contributed by atoms with van der Waals surface area (Å²) in [6.45, 7) is 7.33. The first-order chi connectivity index (χ1) is 17.4. The van der Waals surface area contributed by atoms with E-state index in [0.29, 0.717) is 50.9 Å². The number of aromatic hydroxyl groups is 1. The fourth-order valence-electron chi connectivity index (χ4n) is 4.34. The summed E-state index contributed by atoms with van der Waals surface area (Å²) < 4.78 is 5.79. The number of hydrogen-bond donors (Lipinski definition) is 4. The number of phenolic OH excluding ortho intramolecular Hbond substituents is 1. The van der Waals surface area contributed by atoms with E-state index in [2.05, 4.69) is 38.8 Å². The third-order valence-electron chi connectivity index (χ3n) is 6.16. The SMILES string of the molecule is CCOc1cc2ncc(C#N)c(Nc3cc(O)cc(Cl)c3)c2cc1NC(=O)NC1CCN(CC)CC1. The number of fused-ring (bicyclic) bond motifs is 1. The number of aromatic nitrogens is 1. The van der Waals surface area contributed by atoms with Crippen molar-refractivity contribution < 1.29 is 14.6 Å². The van der Waals surface area contributed by atoms with Crippen LogP contribution in [0.15, 0.2) is 36.5 Å². The molecule has 0 saturated carbocycles. The van der Waals surface area contributed by atoms with Crippen molar-refractivity contribution in [2.45, 2.75) is 32.7 Å². The van der Waals surface area contributed by atoms with Crippen molar-refractivity contribution in [3.05, 3.63) is 47.1 Å². The van der Waals surface area contributed by atoms with Gasteiger partial charge in [-0.2, -0.15) is 5.26 Å². The average molecular weight is 509 g/mol. The van der Waals surface area contributed by atoms with Crippen LogP contribution in [0.1, 0.15) is 32.3 Å². The predicted molar refractivity (Wildman–Crippen MR) is 141 cm³/mol. The summed E-state index contributed by atoms with van der Waals surface area (Å²) in [6, 6.07) is 9.96. The van der Waals surface area contributed by atoms with E-state index >= 15 is 0 Å². The van der Waals surface area contributed by atoms with Crippen molar-refractivity contribution in [3.8, 4) is 17.6 Å². The number of benzene rings is 2. The number of hydrogen-bond acceptors (Lipinski definition) is 7. The molecule has 188 valence electrons. The maximum absolute atomic E-state index is 12.9. The zero-order chi connectivity index (χ0) is 25.7. The number of carbonyl (C=O) groups is 1. The van der Waals surface area contributed by atoms with Gasteiger partial charge in [0.15, 0.2) is 0 Å². The lowest BCUT2D eigenvalue weighted by Crippen LogP contribution is -2.45. The largest absolute Gasteiger partial charge is 0.508 e. The lowest BCUT2D eigenvalue weighted by Gasteiger charge is -2.31. The van der Waals surface area contributed by atoms with Crippen molar-refractivity contribution in [1.29, 1.82) is 5.26 Å². The van der Waals surface area contributed by atoms with Crippen LogP contribution < -0.4 is 20.7 Å². The quantitative estimate of drug-likeness (QED) is 0.345. The zero-order valence-electron chi connectivity index (χ0n) is 20.3. The third kappa shape index (κ3) is 5.90. The van der Waals surface area contributed by atoms with Crippen LogP contribution in [0.2, 0.25) is 5.02 Å². The Bertz CT molecular complexity index is 1280. The Balaban J connectivity index is 1.66. The van der Waals surface area contributed by atoms with Gasteiger partial charge in [-0.05, 0) is 44.5 Å². The molecule has 2 heterocycles. The Morgan fingerprint density at radius 2 is 2.03 bits per heavy atom. The van der Waals surface area contributed by atoms with Crippen LogP contribution in [-0.4, -0.2) is 53.3 Å². The summed E-state index contributed by atoms with van der Waals surface area (Å²) in [5, 5.41) is 29.8. The van der Waals surface area contributed by atoms with Crippen LogP contribution >= 0.6 is 11.6 Å². The van der Waals surface area contributed by atoms with Crippen molar-refractivity contribution in [2.75, 3.05) is 36.9 Å². The molecule has 1 aromatic heterocycles.